The summed E-state index contributed by atoms with van der Waals surface area (Å²) in [6.07, 6.45) is 3.55. The van der Waals surface area contributed by atoms with E-state index in [9.17, 15) is 4.79 Å². The van der Waals surface area contributed by atoms with Gasteiger partial charge in [0.2, 0.25) is 0 Å². The first-order chi connectivity index (χ1) is 14.6. The monoisotopic (exact) mass is 416 g/mol. The van der Waals surface area contributed by atoms with Gasteiger partial charge in [0, 0.05) is 22.3 Å². The molecule has 1 heterocycles. The molecule has 0 atom stereocenters. The molecule has 0 unspecified atom stereocenters. The van der Waals surface area contributed by atoms with Gasteiger partial charge in [0.1, 0.15) is 5.69 Å². The van der Waals surface area contributed by atoms with Crippen molar-refractivity contribution in [1.82, 2.24) is 9.78 Å². The van der Waals surface area contributed by atoms with Gasteiger partial charge in [-0.3, -0.25) is 5.43 Å². The van der Waals surface area contributed by atoms with Crippen LogP contribution in [0.2, 0.25) is 5.02 Å². The number of benzene rings is 3. The summed E-state index contributed by atoms with van der Waals surface area (Å²) in [5, 5.41) is 18.8. The van der Waals surface area contributed by atoms with E-state index in [-0.39, 0.29) is 5.56 Å². The number of anilines is 1. The number of aromatic nitrogens is 2. The third-order valence-electron chi connectivity index (χ3n) is 4.41. The average Bonchev–Trinajstić information content (AvgIpc) is 3.20. The van der Waals surface area contributed by atoms with E-state index in [1.807, 2.05) is 48.7 Å². The Kier molecular flexibility index (Phi) is 5.59. The second-order valence-corrected chi connectivity index (χ2v) is 6.91. The Hall–Kier alpha value is -3.90. The van der Waals surface area contributed by atoms with Crippen molar-refractivity contribution in [2.45, 2.75) is 0 Å². The summed E-state index contributed by atoms with van der Waals surface area (Å²) < 4.78 is 1.71. The number of nitrogens with zero attached hydrogens (tertiary/aromatic N) is 3. The van der Waals surface area contributed by atoms with Crippen LogP contribution in [-0.4, -0.2) is 27.1 Å². The molecule has 0 saturated carbocycles. The van der Waals surface area contributed by atoms with Crippen molar-refractivity contribution in [3.8, 4) is 16.9 Å². The molecule has 0 spiro atoms. The summed E-state index contributed by atoms with van der Waals surface area (Å²) in [6.45, 7) is 0. The largest absolute Gasteiger partial charge is 0.478 e. The number of carbonyl (C=O) groups is 1. The van der Waals surface area contributed by atoms with Gasteiger partial charge in [-0.25, -0.2) is 9.48 Å². The lowest BCUT2D eigenvalue weighted by molar-refractivity contribution is 0.0697. The minimum absolute atomic E-state index is 0.225. The molecule has 0 amide bonds. The summed E-state index contributed by atoms with van der Waals surface area (Å²) in [7, 11) is 0. The van der Waals surface area contributed by atoms with E-state index in [2.05, 4.69) is 10.5 Å². The van der Waals surface area contributed by atoms with Crippen LogP contribution in [0.4, 0.5) is 5.69 Å². The third-order valence-corrected chi connectivity index (χ3v) is 4.66. The highest BCUT2D eigenvalue weighted by Crippen LogP contribution is 2.23. The molecule has 3 aromatic carbocycles. The molecule has 0 bridgehead atoms. The smallest absolute Gasteiger partial charge is 0.335 e. The lowest BCUT2D eigenvalue weighted by atomic mass is 10.1. The Morgan fingerprint density at radius 2 is 1.70 bits per heavy atom. The summed E-state index contributed by atoms with van der Waals surface area (Å²) in [5.41, 5.74) is 7.29. The van der Waals surface area contributed by atoms with Gasteiger partial charge in [0.25, 0.3) is 0 Å². The molecule has 1 aromatic heterocycles. The summed E-state index contributed by atoms with van der Waals surface area (Å²) in [5.74, 6) is -0.965. The van der Waals surface area contributed by atoms with Crippen LogP contribution in [-0.2, 0) is 0 Å². The molecule has 4 aromatic rings. The molecular weight excluding hydrogens is 400 g/mol. The SMILES string of the molecule is O=C(O)c1ccc(-n2cc(/C=N/Nc3ccc(Cl)cc3)c(-c3ccccc3)n2)cc1. The average molecular weight is 417 g/mol. The zero-order valence-corrected chi connectivity index (χ0v) is 16.5. The Bertz CT molecular complexity index is 1180. The second kappa shape index (κ2) is 8.63. The fourth-order valence-corrected chi connectivity index (χ4v) is 3.02. The Morgan fingerprint density at radius 1 is 1.00 bits per heavy atom. The van der Waals surface area contributed by atoms with Gasteiger partial charge in [-0.15, -0.1) is 0 Å². The molecule has 0 aliphatic heterocycles. The second-order valence-electron chi connectivity index (χ2n) is 6.47. The van der Waals surface area contributed by atoms with Crippen molar-refractivity contribution in [1.29, 1.82) is 0 Å². The van der Waals surface area contributed by atoms with E-state index in [1.165, 1.54) is 0 Å². The normalized spacial score (nSPS) is 11.0. The number of hydrogen-bond acceptors (Lipinski definition) is 4. The van der Waals surface area contributed by atoms with E-state index in [4.69, 9.17) is 21.8 Å². The summed E-state index contributed by atoms with van der Waals surface area (Å²) >= 11 is 5.91. The third kappa shape index (κ3) is 4.39. The first-order valence-corrected chi connectivity index (χ1v) is 9.51. The number of hydrazone groups is 1. The van der Waals surface area contributed by atoms with Crippen LogP contribution in [0.25, 0.3) is 16.9 Å². The van der Waals surface area contributed by atoms with E-state index >= 15 is 0 Å². The minimum atomic E-state index is -0.965. The van der Waals surface area contributed by atoms with Crippen LogP contribution in [0, 0.1) is 0 Å². The Labute approximate surface area is 178 Å². The van der Waals surface area contributed by atoms with Crippen molar-refractivity contribution >= 4 is 29.5 Å². The van der Waals surface area contributed by atoms with Crippen molar-refractivity contribution < 1.29 is 9.90 Å². The molecular formula is C23H17ClN4O2. The zero-order chi connectivity index (χ0) is 20.9. The van der Waals surface area contributed by atoms with Gasteiger partial charge in [0.05, 0.1) is 23.2 Å². The number of carboxylic acid groups (broad SMARTS) is 1. The van der Waals surface area contributed by atoms with Crippen molar-refractivity contribution in [3.63, 3.8) is 0 Å². The van der Waals surface area contributed by atoms with Crippen LogP contribution in [0.15, 0.2) is 90.2 Å². The molecule has 7 heteroatoms. The number of carboxylic acids is 1. The standard InChI is InChI=1S/C23H17ClN4O2/c24-19-8-10-20(11-9-19)26-25-14-18-15-28(21-12-6-17(7-13-21)23(29)30)27-22(18)16-4-2-1-3-5-16/h1-15,26H,(H,29,30)/b25-14+. The number of nitrogens with one attached hydrogen (secondary N) is 1. The lowest BCUT2D eigenvalue weighted by Gasteiger charge is -2.02. The van der Waals surface area contributed by atoms with Crippen LogP contribution < -0.4 is 5.43 Å². The molecule has 0 aliphatic carbocycles. The van der Waals surface area contributed by atoms with Gasteiger partial charge in [0.15, 0.2) is 0 Å². The van der Waals surface area contributed by atoms with E-state index in [1.54, 1.807) is 47.3 Å². The number of rotatable bonds is 6. The van der Waals surface area contributed by atoms with Crippen LogP contribution in [0.3, 0.4) is 0 Å². The van der Waals surface area contributed by atoms with Crippen LogP contribution >= 0.6 is 11.6 Å². The summed E-state index contributed by atoms with van der Waals surface area (Å²) in [6, 6.07) is 23.6. The van der Waals surface area contributed by atoms with Gasteiger partial charge >= 0.3 is 5.97 Å². The molecule has 30 heavy (non-hydrogen) atoms. The number of hydrogen-bond donors (Lipinski definition) is 2. The number of halogens is 1. The fourth-order valence-electron chi connectivity index (χ4n) is 2.89. The van der Waals surface area contributed by atoms with Crippen LogP contribution in [0.5, 0.6) is 0 Å². The topological polar surface area (TPSA) is 79.5 Å². The Balaban J connectivity index is 1.66. The predicted octanol–water partition coefficient (Wildman–Crippen LogP) is 5.34. The molecule has 4 rings (SSSR count). The highest BCUT2D eigenvalue weighted by atomic mass is 35.5. The predicted molar refractivity (Wildman–Crippen MR) is 119 cm³/mol. The molecule has 6 nitrogen and oxygen atoms in total. The highest BCUT2D eigenvalue weighted by molar-refractivity contribution is 6.30. The van der Waals surface area contributed by atoms with Crippen molar-refractivity contribution in [2.75, 3.05) is 5.43 Å². The lowest BCUT2D eigenvalue weighted by Crippen LogP contribution is -1.98. The van der Waals surface area contributed by atoms with Gasteiger partial charge < -0.3 is 5.11 Å². The highest BCUT2D eigenvalue weighted by Gasteiger charge is 2.11. The van der Waals surface area contributed by atoms with E-state index in [0.29, 0.717) is 5.02 Å². The van der Waals surface area contributed by atoms with Crippen molar-refractivity contribution in [2.24, 2.45) is 5.10 Å². The molecule has 2 N–H and O–H groups in total. The van der Waals surface area contributed by atoms with E-state index < -0.39 is 5.97 Å². The maximum atomic E-state index is 11.1. The van der Waals surface area contributed by atoms with Gasteiger partial charge in [-0.05, 0) is 48.5 Å². The maximum Gasteiger partial charge on any atom is 0.335 e. The number of aromatic carboxylic acids is 1. The molecule has 0 fully saturated rings. The van der Waals surface area contributed by atoms with E-state index in [0.717, 1.165) is 28.2 Å². The first kappa shape index (κ1) is 19.4. The quantitative estimate of drug-likeness (QED) is 0.328. The maximum absolute atomic E-state index is 11.1. The summed E-state index contributed by atoms with van der Waals surface area (Å²) in [4.78, 5) is 11.1. The van der Waals surface area contributed by atoms with Crippen molar-refractivity contribution in [3.05, 3.63) is 101 Å². The molecule has 148 valence electrons. The first-order valence-electron chi connectivity index (χ1n) is 9.13. The van der Waals surface area contributed by atoms with Gasteiger partial charge in [-0.1, -0.05) is 41.9 Å². The molecule has 0 aliphatic rings. The fraction of sp³-hybridized carbons (Fsp3) is 0. The molecule has 0 radical (unpaired) electrons. The minimum Gasteiger partial charge on any atom is -0.478 e. The van der Waals surface area contributed by atoms with Crippen LogP contribution in [0.1, 0.15) is 15.9 Å². The zero-order valence-electron chi connectivity index (χ0n) is 15.7. The Morgan fingerprint density at radius 3 is 2.37 bits per heavy atom. The molecule has 0 saturated heterocycles. The van der Waals surface area contributed by atoms with Gasteiger partial charge in [-0.2, -0.15) is 10.2 Å².